The topological polar surface area (TPSA) is 39.9 Å². The van der Waals surface area contributed by atoms with Crippen LogP contribution in [0, 0.1) is 0 Å². The molecule has 0 saturated heterocycles. The van der Waals surface area contributed by atoms with Gasteiger partial charge in [0.25, 0.3) is 0 Å². The van der Waals surface area contributed by atoms with E-state index >= 15 is 0 Å². The highest BCUT2D eigenvalue weighted by molar-refractivity contribution is 6.00. The molecule has 0 aliphatic rings. The molecule has 0 unspecified atom stereocenters. The lowest BCUT2D eigenvalue weighted by Crippen LogP contribution is -1.99. The predicted octanol–water partition coefficient (Wildman–Crippen LogP) is 3.55. The van der Waals surface area contributed by atoms with Gasteiger partial charge in [0.05, 0.1) is 16.8 Å². The summed E-state index contributed by atoms with van der Waals surface area (Å²) in [5.74, 6) is 1.56. The third-order valence-electron chi connectivity index (χ3n) is 3.70. The summed E-state index contributed by atoms with van der Waals surface area (Å²) in [5, 5.41) is 0. The first-order valence-corrected chi connectivity index (χ1v) is 7.70. The molecule has 23 heavy (non-hydrogen) atoms. The van der Waals surface area contributed by atoms with Gasteiger partial charge >= 0.3 is 16.6 Å². The Morgan fingerprint density at radius 2 is 1.65 bits per heavy atom. The number of hydrogen-bond acceptors (Lipinski definition) is 3. The van der Waals surface area contributed by atoms with E-state index < -0.39 is 0 Å². The number of imidazole rings is 1. The first kappa shape index (κ1) is 14.0. The monoisotopic (exact) mass is 313 g/mol. The number of para-hydroxylation sites is 2. The summed E-state index contributed by atoms with van der Waals surface area (Å²) in [6.07, 6.45) is 1.76. The van der Waals surface area contributed by atoms with Gasteiger partial charge in [0.2, 0.25) is 0 Å². The number of fused-ring (bicyclic) bond motifs is 1. The Balaban J connectivity index is 2.07. The molecule has 0 saturated carbocycles. The second-order valence-corrected chi connectivity index (χ2v) is 5.30. The molecule has 0 aliphatic carbocycles. The summed E-state index contributed by atoms with van der Waals surface area (Å²) in [4.78, 5) is 9.12. The van der Waals surface area contributed by atoms with Crippen LogP contribution in [0.25, 0.3) is 28.2 Å². The summed E-state index contributed by atoms with van der Waals surface area (Å²) in [5.41, 5.74) is 3.64. The van der Waals surface area contributed by atoms with Gasteiger partial charge in [-0.1, -0.05) is 30.3 Å². The zero-order chi connectivity index (χ0) is 15.6. The lowest BCUT2D eigenvalue weighted by Gasteiger charge is -2.13. The SMILES string of the molecule is [Al][O]c1ccccc1-c1nc2ncccc2n1-c1ccccc1. The van der Waals surface area contributed by atoms with E-state index in [4.69, 9.17) is 8.77 Å². The van der Waals surface area contributed by atoms with Crippen LogP contribution in [0.2, 0.25) is 0 Å². The Bertz CT molecular complexity index is 966. The maximum absolute atomic E-state index is 5.43. The zero-order valence-electron chi connectivity index (χ0n) is 12.3. The molecular weight excluding hydrogens is 301 g/mol. The summed E-state index contributed by atoms with van der Waals surface area (Å²) in [6.45, 7) is 0. The van der Waals surface area contributed by atoms with E-state index in [-0.39, 0.29) is 0 Å². The second kappa shape index (κ2) is 5.88. The van der Waals surface area contributed by atoms with Crippen LogP contribution < -0.4 is 3.79 Å². The van der Waals surface area contributed by atoms with Crippen LogP contribution in [-0.4, -0.2) is 31.2 Å². The number of pyridine rings is 1. The molecule has 2 aromatic heterocycles. The van der Waals surface area contributed by atoms with E-state index in [1.54, 1.807) is 6.20 Å². The number of nitrogens with zero attached hydrogens (tertiary/aromatic N) is 3. The summed E-state index contributed by atoms with van der Waals surface area (Å²) in [7, 11) is 0. The van der Waals surface area contributed by atoms with Crippen molar-refractivity contribution in [2.45, 2.75) is 0 Å². The smallest absolute Gasteiger partial charge is 0.482 e. The van der Waals surface area contributed by atoms with Gasteiger partial charge in [-0.15, -0.1) is 0 Å². The molecular formula is C18H12AlN3O. The molecule has 0 fully saturated rings. The Kier molecular flexibility index (Phi) is 3.58. The van der Waals surface area contributed by atoms with Crippen molar-refractivity contribution in [3.05, 3.63) is 72.9 Å². The third kappa shape index (κ3) is 2.40. The molecule has 0 bridgehead atoms. The van der Waals surface area contributed by atoms with Gasteiger partial charge in [0.1, 0.15) is 0 Å². The van der Waals surface area contributed by atoms with Gasteiger partial charge in [0.15, 0.2) is 11.5 Å². The molecule has 5 heteroatoms. The highest BCUT2D eigenvalue weighted by Gasteiger charge is 2.17. The van der Waals surface area contributed by atoms with E-state index in [0.29, 0.717) is 5.65 Å². The Hall–Kier alpha value is -2.61. The van der Waals surface area contributed by atoms with E-state index in [1.165, 1.54) is 0 Å². The highest BCUT2D eigenvalue weighted by Crippen LogP contribution is 2.33. The van der Waals surface area contributed by atoms with E-state index in [9.17, 15) is 0 Å². The quantitative estimate of drug-likeness (QED) is 0.543. The van der Waals surface area contributed by atoms with Gasteiger partial charge in [0, 0.05) is 11.9 Å². The summed E-state index contributed by atoms with van der Waals surface area (Å²) in [6, 6.07) is 21.9. The molecule has 2 aromatic carbocycles. The average molecular weight is 313 g/mol. The van der Waals surface area contributed by atoms with Crippen molar-refractivity contribution in [3.63, 3.8) is 0 Å². The normalized spacial score (nSPS) is 10.8. The summed E-state index contributed by atoms with van der Waals surface area (Å²) < 4.78 is 7.53. The number of hydrogen-bond donors (Lipinski definition) is 0. The van der Waals surface area contributed by atoms with Crippen LogP contribution >= 0.6 is 0 Å². The second-order valence-electron chi connectivity index (χ2n) is 5.07. The highest BCUT2D eigenvalue weighted by atomic mass is 27.1. The first-order chi connectivity index (χ1) is 11.4. The molecule has 4 nitrogen and oxygen atoms in total. The average Bonchev–Trinajstić information content (AvgIpc) is 3.01. The fourth-order valence-electron chi connectivity index (χ4n) is 2.69. The van der Waals surface area contributed by atoms with Crippen molar-refractivity contribution in [3.8, 4) is 22.8 Å². The molecule has 2 radical (unpaired) electrons. The van der Waals surface area contributed by atoms with Crippen LogP contribution in [0.5, 0.6) is 5.75 Å². The molecule has 0 spiro atoms. The zero-order valence-corrected chi connectivity index (χ0v) is 13.4. The Morgan fingerprint density at radius 3 is 2.48 bits per heavy atom. The fourth-order valence-corrected chi connectivity index (χ4v) is 2.89. The Morgan fingerprint density at radius 1 is 0.870 bits per heavy atom. The number of aromatic nitrogens is 3. The lowest BCUT2D eigenvalue weighted by molar-refractivity contribution is 0.617. The predicted molar refractivity (Wildman–Crippen MR) is 90.7 cm³/mol. The van der Waals surface area contributed by atoms with Crippen molar-refractivity contribution in [1.82, 2.24) is 14.5 Å². The summed E-state index contributed by atoms with van der Waals surface area (Å²) >= 11 is 2.30. The van der Waals surface area contributed by atoms with Crippen molar-refractivity contribution >= 4 is 27.8 Å². The number of benzene rings is 2. The third-order valence-corrected chi connectivity index (χ3v) is 3.95. The molecule has 2 heterocycles. The largest absolute Gasteiger partial charge is 0.653 e. The van der Waals surface area contributed by atoms with Crippen molar-refractivity contribution in [2.75, 3.05) is 0 Å². The van der Waals surface area contributed by atoms with Crippen molar-refractivity contribution in [2.24, 2.45) is 0 Å². The van der Waals surface area contributed by atoms with Crippen LogP contribution in [0.4, 0.5) is 0 Å². The van der Waals surface area contributed by atoms with E-state index in [2.05, 4.69) is 38.3 Å². The van der Waals surface area contributed by atoms with E-state index in [0.717, 1.165) is 28.3 Å². The molecule has 4 rings (SSSR count). The lowest BCUT2D eigenvalue weighted by atomic mass is 10.2. The Labute approximate surface area is 142 Å². The first-order valence-electron chi connectivity index (χ1n) is 7.23. The van der Waals surface area contributed by atoms with Gasteiger partial charge < -0.3 is 3.79 Å². The molecule has 4 aromatic rings. The maximum atomic E-state index is 5.43. The fraction of sp³-hybridized carbons (Fsp3) is 0. The standard InChI is InChI=1S/C18H13N3O.Al/c22-16-11-5-4-9-14(16)18-20-17-15(10-6-12-19-17)21(18)13-7-2-1-3-8-13;/h1-12,22H;/q;+1/p-1. The van der Waals surface area contributed by atoms with Crippen LogP contribution in [-0.2, 0) is 0 Å². The van der Waals surface area contributed by atoms with Gasteiger partial charge in [-0.3, -0.25) is 4.57 Å². The minimum Gasteiger partial charge on any atom is -0.653 e. The maximum Gasteiger partial charge on any atom is 0.482 e. The van der Waals surface area contributed by atoms with Crippen LogP contribution in [0.15, 0.2) is 72.9 Å². The van der Waals surface area contributed by atoms with Gasteiger partial charge in [-0.25, -0.2) is 9.97 Å². The van der Waals surface area contributed by atoms with Crippen LogP contribution in [0.1, 0.15) is 0 Å². The molecule has 108 valence electrons. The molecule has 0 amide bonds. The van der Waals surface area contributed by atoms with Crippen LogP contribution in [0.3, 0.4) is 0 Å². The molecule has 0 aliphatic heterocycles. The molecule has 0 N–H and O–H groups in total. The minimum absolute atomic E-state index is 0.713. The van der Waals surface area contributed by atoms with Gasteiger partial charge in [-0.05, 0) is 36.4 Å². The van der Waals surface area contributed by atoms with Crippen molar-refractivity contribution < 1.29 is 3.79 Å². The molecule has 0 atom stereocenters. The minimum atomic E-state index is 0.713. The van der Waals surface area contributed by atoms with Gasteiger partial charge in [-0.2, -0.15) is 0 Å². The van der Waals surface area contributed by atoms with E-state index in [1.807, 2.05) is 54.6 Å². The van der Waals surface area contributed by atoms with Crippen molar-refractivity contribution in [1.29, 1.82) is 0 Å². The number of rotatable bonds is 3.